The van der Waals surface area contributed by atoms with E-state index in [2.05, 4.69) is 4.74 Å². The molecule has 15 heavy (non-hydrogen) atoms. The SMILES string of the molecule is COC(=O)C1CC2(C1)C(B(O)O)C2(F)F. The van der Waals surface area contributed by atoms with E-state index in [4.69, 9.17) is 10.0 Å². The van der Waals surface area contributed by atoms with Crippen LogP contribution in [0.25, 0.3) is 0 Å². The maximum Gasteiger partial charge on any atom is 0.461 e. The van der Waals surface area contributed by atoms with Crippen LogP contribution in [0.15, 0.2) is 0 Å². The van der Waals surface area contributed by atoms with E-state index in [0.29, 0.717) is 0 Å². The van der Waals surface area contributed by atoms with Gasteiger partial charge in [-0.1, -0.05) is 0 Å². The number of hydrogen-bond donors (Lipinski definition) is 2. The largest absolute Gasteiger partial charge is 0.469 e. The molecule has 4 nitrogen and oxygen atoms in total. The van der Waals surface area contributed by atoms with Gasteiger partial charge in [0.2, 0.25) is 0 Å². The van der Waals surface area contributed by atoms with E-state index >= 15 is 0 Å². The van der Waals surface area contributed by atoms with Crippen molar-refractivity contribution in [3.05, 3.63) is 0 Å². The highest BCUT2D eigenvalue weighted by atomic mass is 19.3. The molecular formula is C8H11BF2O4. The molecule has 0 aromatic rings. The Morgan fingerprint density at radius 3 is 2.33 bits per heavy atom. The monoisotopic (exact) mass is 220 g/mol. The van der Waals surface area contributed by atoms with Crippen LogP contribution in [0.2, 0.25) is 5.82 Å². The van der Waals surface area contributed by atoms with Crippen molar-refractivity contribution in [2.75, 3.05) is 7.11 Å². The predicted octanol–water partition coefficient (Wildman–Crippen LogP) is 0.0477. The van der Waals surface area contributed by atoms with Gasteiger partial charge in [-0.3, -0.25) is 4.79 Å². The van der Waals surface area contributed by atoms with Gasteiger partial charge < -0.3 is 14.8 Å². The predicted molar refractivity (Wildman–Crippen MR) is 46.1 cm³/mol. The molecule has 0 saturated heterocycles. The average Bonchev–Trinajstić information content (AvgIpc) is 2.59. The number of ether oxygens (including phenoxy) is 1. The molecule has 2 aliphatic carbocycles. The number of esters is 1. The molecule has 1 unspecified atom stereocenters. The van der Waals surface area contributed by atoms with E-state index in [1.807, 2.05) is 0 Å². The Morgan fingerprint density at radius 2 is 2.00 bits per heavy atom. The van der Waals surface area contributed by atoms with Gasteiger partial charge in [0.1, 0.15) is 0 Å². The lowest BCUT2D eigenvalue weighted by Crippen LogP contribution is -2.37. The summed E-state index contributed by atoms with van der Waals surface area (Å²) in [6.45, 7) is 0. The van der Waals surface area contributed by atoms with Crippen LogP contribution >= 0.6 is 0 Å². The van der Waals surface area contributed by atoms with Gasteiger partial charge in [-0.15, -0.1) is 0 Å². The molecule has 2 rings (SSSR count). The first-order valence-electron chi connectivity index (χ1n) is 4.68. The standard InChI is InChI=1S/C8H11BF2O4/c1-15-5(12)4-2-7(3-4)6(9(13)14)8(7,10)11/h4,6,13-14H,2-3H2,1H3. The highest BCUT2D eigenvalue weighted by Gasteiger charge is 2.87. The van der Waals surface area contributed by atoms with Crippen LogP contribution in [0.3, 0.4) is 0 Å². The first kappa shape index (κ1) is 10.8. The Morgan fingerprint density at radius 1 is 1.47 bits per heavy atom. The van der Waals surface area contributed by atoms with E-state index in [1.165, 1.54) is 7.11 Å². The Hall–Kier alpha value is -0.685. The lowest BCUT2D eigenvalue weighted by molar-refractivity contribution is -0.153. The van der Waals surface area contributed by atoms with Gasteiger partial charge in [0, 0.05) is 5.41 Å². The highest BCUT2D eigenvalue weighted by molar-refractivity contribution is 6.45. The molecule has 0 aromatic heterocycles. The zero-order valence-electron chi connectivity index (χ0n) is 8.11. The normalized spacial score (nSPS) is 40.9. The van der Waals surface area contributed by atoms with Crippen molar-refractivity contribution >= 4 is 13.1 Å². The Labute approximate surface area is 85.4 Å². The smallest absolute Gasteiger partial charge is 0.461 e. The molecule has 1 spiro atoms. The second kappa shape index (κ2) is 2.92. The fourth-order valence-electron chi connectivity index (χ4n) is 2.69. The number of carbonyl (C=O) groups excluding carboxylic acids is 1. The molecule has 0 radical (unpaired) electrons. The third-order valence-electron chi connectivity index (χ3n) is 3.62. The summed E-state index contributed by atoms with van der Waals surface area (Å²) in [4.78, 5) is 11.0. The van der Waals surface area contributed by atoms with E-state index < -0.39 is 36.2 Å². The van der Waals surface area contributed by atoms with Gasteiger partial charge in [0.15, 0.2) is 0 Å². The minimum absolute atomic E-state index is 0.0189. The number of rotatable bonds is 2. The molecule has 0 aromatic carbocycles. The summed E-state index contributed by atoms with van der Waals surface area (Å²) in [5, 5.41) is 17.5. The lowest BCUT2D eigenvalue weighted by Gasteiger charge is -2.34. The first-order valence-corrected chi connectivity index (χ1v) is 4.68. The Kier molecular flexibility index (Phi) is 2.10. The first-order chi connectivity index (χ1) is 6.87. The van der Waals surface area contributed by atoms with Crippen LogP contribution in [0.5, 0.6) is 0 Å². The fraction of sp³-hybridized carbons (Fsp3) is 0.875. The number of hydrogen-bond acceptors (Lipinski definition) is 4. The van der Waals surface area contributed by atoms with E-state index in [0.717, 1.165) is 0 Å². The maximum atomic E-state index is 13.2. The lowest BCUT2D eigenvalue weighted by atomic mass is 9.64. The molecule has 2 aliphatic rings. The molecule has 0 bridgehead atoms. The molecular weight excluding hydrogens is 209 g/mol. The maximum absolute atomic E-state index is 13.2. The van der Waals surface area contributed by atoms with Crippen LogP contribution in [0, 0.1) is 11.3 Å². The Bertz CT molecular complexity index is 301. The number of methoxy groups -OCH3 is 1. The van der Waals surface area contributed by atoms with Gasteiger partial charge in [-0.25, -0.2) is 8.78 Å². The zero-order valence-corrected chi connectivity index (χ0v) is 8.11. The van der Waals surface area contributed by atoms with Crippen molar-refractivity contribution < 1.29 is 28.4 Å². The summed E-state index contributed by atoms with van der Waals surface area (Å²) in [6, 6.07) is 0. The molecule has 0 heterocycles. The molecule has 0 aliphatic heterocycles. The van der Waals surface area contributed by atoms with E-state index in [1.54, 1.807) is 0 Å². The molecule has 7 heteroatoms. The van der Waals surface area contributed by atoms with Gasteiger partial charge in [0.05, 0.1) is 18.8 Å². The number of alkyl halides is 2. The number of carbonyl (C=O) groups is 1. The van der Waals surface area contributed by atoms with Crippen molar-refractivity contribution in [2.24, 2.45) is 11.3 Å². The van der Waals surface area contributed by atoms with Crippen LogP contribution in [-0.2, 0) is 9.53 Å². The number of halogens is 2. The minimum atomic E-state index is -3.06. The summed E-state index contributed by atoms with van der Waals surface area (Å²) in [6.07, 6.45) is -0.0378. The molecule has 0 amide bonds. The molecule has 2 N–H and O–H groups in total. The van der Waals surface area contributed by atoms with Gasteiger partial charge in [0.25, 0.3) is 5.92 Å². The third-order valence-corrected chi connectivity index (χ3v) is 3.62. The Balaban J connectivity index is 2.01. The van der Waals surface area contributed by atoms with Crippen LogP contribution in [0.4, 0.5) is 8.78 Å². The molecule has 2 saturated carbocycles. The molecule has 2 fully saturated rings. The molecule has 84 valence electrons. The average molecular weight is 220 g/mol. The van der Waals surface area contributed by atoms with Crippen LogP contribution in [-0.4, -0.2) is 36.2 Å². The van der Waals surface area contributed by atoms with Crippen LogP contribution in [0.1, 0.15) is 12.8 Å². The van der Waals surface area contributed by atoms with Gasteiger partial charge in [-0.05, 0) is 12.8 Å². The fourth-order valence-corrected chi connectivity index (χ4v) is 2.69. The van der Waals surface area contributed by atoms with Crippen molar-refractivity contribution in [1.29, 1.82) is 0 Å². The van der Waals surface area contributed by atoms with Crippen molar-refractivity contribution in [3.8, 4) is 0 Å². The summed E-state index contributed by atoms with van der Waals surface area (Å²) in [7, 11) is -0.810. The topological polar surface area (TPSA) is 66.8 Å². The summed E-state index contributed by atoms with van der Waals surface area (Å²) in [5.74, 6) is -5.52. The van der Waals surface area contributed by atoms with E-state index in [9.17, 15) is 13.6 Å². The highest BCUT2D eigenvalue weighted by Crippen LogP contribution is 2.80. The van der Waals surface area contributed by atoms with E-state index in [-0.39, 0.29) is 12.8 Å². The summed E-state index contributed by atoms with van der Waals surface area (Å²) < 4.78 is 30.9. The zero-order chi connectivity index (χ0) is 11.4. The summed E-state index contributed by atoms with van der Waals surface area (Å²) in [5.41, 5.74) is -1.37. The van der Waals surface area contributed by atoms with Crippen molar-refractivity contribution in [3.63, 3.8) is 0 Å². The second-order valence-corrected chi connectivity index (χ2v) is 4.30. The van der Waals surface area contributed by atoms with Crippen molar-refractivity contribution in [2.45, 2.75) is 24.6 Å². The van der Waals surface area contributed by atoms with Crippen molar-refractivity contribution in [1.82, 2.24) is 0 Å². The summed E-state index contributed by atoms with van der Waals surface area (Å²) >= 11 is 0. The minimum Gasteiger partial charge on any atom is -0.469 e. The van der Waals surface area contributed by atoms with Gasteiger partial charge in [-0.2, -0.15) is 0 Å². The van der Waals surface area contributed by atoms with Crippen LogP contribution < -0.4 is 0 Å². The second-order valence-electron chi connectivity index (χ2n) is 4.30. The third kappa shape index (κ3) is 1.16. The quantitative estimate of drug-likeness (QED) is 0.509. The molecule has 1 atom stereocenters. The van der Waals surface area contributed by atoms with Gasteiger partial charge >= 0.3 is 13.1 Å².